The molecule has 1 saturated carbocycles. The Morgan fingerprint density at radius 1 is 0.765 bits per heavy atom. The van der Waals surface area contributed by atoms with Gasteiger partial charge in [0.15, 0.2) is 0 Å². The van der Waals surface area contributed by atoms with Gasteiger partial charge in [-0.25, -0.2) is 4.99 Å². The van der Waals surface area contributed by atoms with Crippen LogP contribution in [0.4, 0.5) is 0 Å². The molecule has 4 amide bonds. The molecule has 4 atom stereocenters. The number of thiocarbonyl (C=S) groups is 1. The molecule has 68 heavy (non-hydrogen) atoms. The van der Waals surface area contributed by atoms with Gasteiger partial charge in [0.05, 0.1) is 61.7 Å². The van der Waals surface area contributed by atoms with Gasteiger partial charge in [0, 0.05) is 49.2 Å². The molecule has 3 rings (SSSR count). The zero-order valence-electron chi connectivity index (χ0n) is 43.3. The smallest absolute Gasteiger partial charge is 0.242 e. The lowest BCUT2D eigenvalue weighted by atomic mass is 9.78. The zero-order chi connectivity index (χ0) is 50.6. The Kier molecular flexibility index (Phi) is 23.4. The number of benzene rings is 2. The van der Waals surface area contributed by atoms with Crippen molar-refractivity contribution < 1.29 is 38.2 Å². The largest absolute Gasteiger partial charge is 0.380 e. The Morgan fingerprint density at radius 2 is 1.44 bits per heavy atom. The summed E-state index contributed by atoms with van der Waals surface area (Å²) >= 11 is 4.69. The molecule has 1 aliphatic carbocycles. The number of carbonyl (C=O) groups excluding carboxylic acids is 5. The Labute approximate surface area is 413 Å². The van der Waals surface area contributed by atoms with Crippen molar-refractivity contribution in [3.8, 4) is 0 Å². The molecule has 1 fully saturated rings. The second kappa shape index (κ2) is 27.4. The molecule has 0 aliphatic heterocycles. The minimum absolute atomic E-state index is 0.0752. The summed E-state index contributed by atoms with van der Waals surface area (Å²) in [4.78, 5) is 70.2. The summed E-state index contributed by atoms with van der Waals surface area (Å²) in [5.74, 6) is -0.358. The van der Waals surface area contributed by atoms with Crippen LogP contribution in [0.1, 0.15) is 152 Å². The highest BCUT2D eigenvalue weighted by Gasteiger charge is 2.38. The summed E-state index contributed by atoms with van der Waals surface area (Å²) < 4.78 is 18.7. The molecule has 380 valence electrons. The molecule has 4 unspecified atom stereocenters. The minimum atomic E-state index is -0.788. The average Bonchev–Trinajstić information content (AvgIpc) is 3.24. The van der Waals surface area contributed by atoms with E-state index >= 15 is 0 Å². The predicted molar refractivity (Wildman–Crippen MR) is 275 cm³/mol. The standard InChI is InChI=1S/C54H85N5O8S/c1-12-53(10,30-45(60)42-21-18-22-42)67-54(11,13-2)34-57-46(61)27-39(3)66-37-52(8,9)33-58-49(64)44(59-47(62)29-40-24-25-41-19-14-15-20-43(41)28-40)23-16-17-26-56-48(63)31-50(4,5)35-65-36-51(6,7)32-55-38-68/h14-15,19-20,24-25,28,39,42,44H,12-13,16-18,21-23,26-27,29-37H2,1-11H3,(H,56,63)(H,57,61)(H,58,64)(H,59,62). The van der Waals surface area contributed by atoms with Crippen LogP contribution in [0.2, 0.25) is 0 Å². The summed E-state index contributed by atoms with van der Waals surface area (Å²) in [5.41, 5.74) is -1.45. The van der Waals surface area contributed by atoms with Gasteiger partial charge in [0.1, 0.15) is 11.8 Å². The molecule has 0 aromatic heterocycles. The lowest BCUT2D eigenvalue weighted by Gasteiger charge is -2.40. The molecule has 0 radical (unpaired) electrons. The number of Topliss-reactive ketones (excluding diaryl/α,β-unsaturated/α-hetero) is 1. The third-order valence-corrected chi connectivity index (χ3v) is 13.1. The molecule has 0 spiro atoms. The van der Waals surface area contributed by atoms with E-state index in [9.17, 15) is 24.0 Å². The number of fused-ring (bicyclic) bond motifs is 1. The van der Waals surface area contributed by atoms with E-state index in [1.807, 2.05) is 119 Å². The van der Waals surface area contributed by atoms with Crippen LogP contribution in [0, 0.1) is 22.2 Å². The second-order valence-electron chi connectivity index (χ2n) is 22.2. The first-order valence-electron chi connectivity index (χ1n) is 24.9. The summed E-state index contributed by atoms with van der Waals surface area (Å²) in [7, 11) is 0. The van der Waals surface area contributed by atoms with Gasteiger partial charge in [-0.2, -0.15) is 0 Å². The van der Waals surface area contributed by atoms with E-state index in [1.165, 1.54) is 0 Å². The van der Waals surface area contributed by atoms with Gasteiger partial charge in [-0.1, -0.05) is 104 Å². The highest BCUT2D eigenvalue weighted by molar-refractivity contribution is 7.78. The minimum Gasteiger partial charge on any atom is -0.380 e. The first kappa shape index (κ1) is 58.2. The molecule has 2 aromatic carbocycles. The Balaban J connectivity index is 1.50. The summed E-state index contributed by atoms with van der Waals surface area (Å²) in [6.07, 6.45) is 6.57. The molecular weight excluding hydrogens is 879 g/mol. The number of ketones is 1. The van der Waals surface area contributed by atoms with Crippen molar-refractivity contribution in [3.63, 3.8) is 0 Å². The van der Waals surface area contributed by atoms with Gasteiger partial charge in [-0.3, -0.25) is 24.0 Å². The first-order valence-corrected chi connectivity index (χ1v) is 25.4. The van der Waals surface area contributed by atoms with Crippen LogP contribution < -0.4 is 21.3 Å². The quantitative estimate of drug-likeness (QED) is 0.0310. The molecule has 14 heteroatoms. The number of nitrogens with zero attached hydrogens (tertiary/aromatic N) is 1. The van der Waals surface area contributed by atoms with Gasteiger partial charge in [-0.05, 0) is 99.7 Å². The van der Waals surface area contributed by atoms with Gasteiger partial charge in [0.2, 0.25) is 23.6 Å². The molecule has 0 bridgehead atoms. The van der Waals surface area contributed by atoms with Crippen molar-refractivity contribution in [1.29, 1.82) is 0 Å². The maximum absolute atomic E-state index is 13.8. The van der Waals surface area contributed by atoms with Crippen molar-refractivity contribution in [2.45, 2.75) is 177 Å². The van der Waals surface area contributed by atoms with E-state index in [2.05, 4.69) is 31.4 Å². The van der Waals surface area contributed by atoms with Gasteiger partial charge in [0.25, 0.3) is 0 Å². The SMILES string of the molecule is CCC(C)(CNC(=O)CC(C)OCC(C)(C)CNC(=O)C(CCCCNC(=O)CC(C)(C)COCC(C)(C)CN=C=S)NC(=O)Cc1ccc2ccccc2c1)OC(C)(CC)CC(=O)C1CCC1. The molecule has 0 heterocycles. The van der Waals surface area contributed by atoms with E-state index < -0.39 is 22.7 Å². The first-order chi connectivity index (χ1) is 31.9. The third-order valence-electron chi connectivity index (χ3n) is 13.0. The molecule has 2 aromatic rings. The van der Waals surface area contributed by atoms with Crippen molar-refractivity contribution in [2.75, 3.05) is 46.0 Å². The predicted octanol–water partition coefficient (Wildman–Crippen LogP) is 8.88. The van der Waals surface area contributed by atoms with Crippen LogP contribution in [0.3, 0.4) is 0 Å². The molecule has 13 nitrogen and oxygen atoms in total. The number of unbranched alkanes of at least 4 members (excludes halogenated alkanes) is 1. The van der Waals surface area contributed by atoms with E-state index in [-0.39, 0.29) is 78.3 Å². The number of amides is 4. The molecule has 0 saturated heterocycles. The summed E-state index contributed by atoms with van der Waals surface area (Å²) in [6.45, 7) is 24.7. The number of hydrogen-bond acceptors (Lipinski definition) is 10. The van der Waals surface area contributed by atoms with E-state index in [1.54, 1.807) is 0 Å². The Hall–Kier alpha value is -4.07. The third kappa shape index (κ3) is 21.7. The van der Waals surface area contributed by atoms with Crippen molar-refractivity contribution in [3.05, 3.63) is 48.0 Å². The number of nitrogens with one attached hydrogen (secondary N) is 4. The number of ether oxygens (including phenoxy) is 3. The lowest BCUT2D eigenvalue weighted by Crippen LogP contribution is -2.50. The zero-order valence-corrected chi connectivity index (χ0v) is 44.1. The van der Waals surface area contributed by atoms with E-state index in [0.29, 0.717) is 77.8 Å². The monoisotopic (exact) mass is 964 g/mol. The number of carbonyl (C=O) groups is 5. The van der Waals surface area contributed by atoms with Crippen LogP contribution in [-0.4, -0.2) is 104 Å². The van der Waals surface area contributed by atoms with Gasteiger partial charge >= 0.3 is 0 Å². The van der Waals surface area contributed by atoms with Crippen molar-refractivity contribution >= 4 is 57.6 Å². The fourth-order valence-corrected chi connectivity index (χ4v) is 8.11. The van der Waals surface area contributed by atoms with Crippen molar-refractivity contribution in [2.24, 2.45) is 27.2 Å². The summed E-state index contributed by atoms with van der Waals surface area (Å²) in [6, 6.07) is 13.1. The highest BCUT2D eigenvalue weighted by Crippen LogP contribution is 2.35. The number of hydrogen-bond donors (Lipinski definition) is 4. The number of rotatable bonds is 33. The fraction of sp³-hybridized carbons (Fsp3) is 0.704. The van der Waals surface area contributed by atoms with Crippen LogP contribution in [0.15, 0.2) is 47.5 Å². The fourth-order valence-electron chi connectivity index (χ4n) is 8.04. The highest BCUT2D eigenvalue weighted by atomic mass is 32.1. The van der Waals surface area contributed by atoms with Crippen molar-refractivity contribution in [1.82, 2.24) is 21.3 Å². The van der Waals surface area contributed by atoms with E-state index in [4.69, 9.17) is 26.4 Å². The molecular formula is C54H85N5O8S. The van der Waals surface area contributed by atoms with Crippen LogP contribution >= 0.6 is 12.2 Å². The van der Waals surface area contributed by atoms with Gasteiger partial charge < -0.3 is 35.5 Å². The average molecular weight is 964 g/mol. The number of isothiocyanates is 1. The van der Waals surface area contributed by atoms with Crippen LogP contribution in [0.5, 0.6) is 0 Å². The van der Waals surface area contributed by atoms with Gasteiger partial charge in [-0.15, -0.1) is 0 Å². The Bertz CT molecular complexity index is 2010. The van der Waals surface area contributed by atoms with Crippen LogP contribution in [-0.2, 0) is 44.6 Å². The molecule has 4 N–H and O–H groups in total. The normalized spacial score (nSPS) is 16.0. The molecule has 1 aliphatic rings. The maximum atomic E-state index is 13.8. The lowest BCUT2D eigenvalue weighted by molar-refractivity contribution is -0.159. The van der Waals surface area contributed by atoms with E-state index in [0.717, 1.165) is 35.6 Å². The Morgan fingerprint density at radius 3 is 2.09 bits per heavy atom. The maximum Gasteiger partial charge on any atom is 0.242 e. The van der Waals surface area contributed by atoms with Crippen LogP contribution in [0.25, 0.3) is 10.8 Å². The number of aliphatic imine (C=N–C) groups is 1. The summed E-state index contributed by atoms with van der Waals surface area (Å²) in [5, 5.41) is 16.6. The topological polar surface area (TPSA) is 174 Å². The second-order valence-corrected chi connectivity index (χ2v) is 22.4.